The predicted molar refractivity (Wildman–Crippen MR) is 97.3 cm³/mol. The third-order valence-electron chi connectivity index (χ3n) is 4.59. The molecule has 3 aromatic rings. The topological polar surface area (TPSA) is 71.8 Å². The molecular formula is C19H21N5O. The van der Waals surface area contributed by atoms with Crippen molar-refractivity contribution in [3.05, 3.63) is 53.9 Å². The summed E-state index contributed by atoms with van der Waals surface area (Å²) in [6, 6.07) is 10.2. The second kappa shape index (κ2) is 6.29. The maximum atomic E-state index is 12.6. The van der Waals surface area contributed by atoms with Crippen LogP contribution in [0.25, 0.3) is 11.0 Å². The zero-order valence-corrected chi connectivity index (χ0v) is 14.4. The monoisotopic (exact) mass is 335 g/mol. The number of nitrogens with zero attached hydrogens (tertiary/aromatic N) is 3. The Morgan fingerprint density at radius 2 is 2.08 bits per heavy atom. The fourth-order valence-electron chi connectivity index (χ4n) is 3.26. The normalized spacial score (nSPS) is 16.8. The molecule has 1 aliphatic heterocycles. The van der Waals surface area contributed by atoms with Gasteiger partial charge < -0.3 is 10.6 Å². The first kappa shape index (κ1) is 15.8. The van der Waals surface area contributed by atoms with Crippen molar-refractivity contribution in [2.24, 2.45) is 0 Å². The van der Waals surface area contributed by atoms with Gasteiger partial charge in [0.1, 0.15) is 0 Å². The summed E-state index contributed by atoms with van der Waals surface area (Å²) in [6.45, 7) is 4.85. The van der Waals surface area contributed by atoms with E-state index >= 15 is 0 Å². The van der Waals surface area contributed by atoms with Gasteiger partial charge >= 0.3 is 0 Å². The molecule has 3 heterocycles. The Hall–Kier alpha value is -2.73. The van der Waals surface area contributed by atoms with Gasteiger partial charge in [-0.05, 0) is 37.5 Å². The zero-order valence-electron chi connectivity index (χ0n) is 14.4. The van der Waals surface area contributed by atoms with Gasteiger partial charge in [0.2, 0.25) is 5.91 Å². The lowest BCUT2D eigenvalue weighted by molar-refractivity contribution is -0.118. The maximum absolute atomic E-state index is 12.6. The van der Waals surface area contributed by atoms with Gasteiger partial charge in [0, 0.05) is 18.0 Å². The highest BCUT2D eigenvalue weighted by molar-refractivity contribution is 5.96. The lowest BCUT2D eigenvalue weighted by Gasteiger charge is -2.25. The summed E-state index contributed by atoms with van der Waals surface area (Å²) in [5.41, 5.74) is 4.02. The Morgan fingerprint density at radius 3 is 2.88 bits per heavy atom. The fourth-order valence-corrected chi connectivity index (χ4v) is 3.26. The van der Waals surface area contributed by atoms with Gasteiger partial charge in [0.15, 0.2) is 5.65 Å². The van der Waals surface area contributed by atoms with Crippen molar-refractivity contribution in [3.63, 3.8) is 0 Å². The quantitative estimate of drug-likeness (QED) is 0.772. The summed E-state index contributed by atoms with van der Waals surface area (Å²) < 4.78 is 1.88. The second-order valence-corrected chi connectivity index (χ2v) is 6.72. The molecule has 2 N–H and O–H groups in total. The highest BCUT2D eigenvalue weighted by Gasteiger charge is 2.24. The minimum absolute atomic E-state index is 0.0353. The van der Waals surface area contributed by atoms with Crippen LogP contribution in [0, 0.1) is 0 Å². The predicted octanol–water partition coefficient (Wildman–Crippen LogP) is 2.67. The second-order valence-electron chi connectivity index (χ2n) is 6.72. The molecule has 1 unspecified atom stereocenters. The van der Waals surface area contributed by atoms with Crippen LogP contribution in [0.15, 0.2) is 42.7 Å². The molecule has 0 radical (unpaired) electrons. The average molecular weight is 335 g/mol. The summed E-state index contributed by atoms with van der Waals surface area (Å²) in [5, 5.41) is 11.6. The van der Waals surface area contributed by atoms with Crippen LogP contribution in [-0.2, 0) is 17.8 Å². The third-order valence-corrected chi connectivity index (χ3v) is 4.59. The lowest BCUT2D eigenvalue weighted by Crippen LogP contribution is -2.44. The average Bonchev–Trinajstić information content (AvgIpc) is 3.04. The van der Waals surface area contributed by atoms with Crippen LogP contribution < -0.4 is 10.6 Å². The summed E-state index contributed by atoms with van der Waals surface area (Å²) in [6.07, 6.45) is 4.17. The van der Waals surface area contributed by atoms with Gasteiger partial charge in [-0.15, -0.1) is 0 Å². The van der Waals surface area contributed by atoms with Gasteiger partial charge in [-0.2, -0.15) is 5.10 Å². The molecule has 6 heteroatoms. The highest BCUT2D eigenvalue weighted by atomic mass is 16.2. The minimum Gasteiger partial charge on any atom is -0.323 e. The van der Waals surface area contributed by atoms with E-state index in [4.69, 9.17) is 0 Å². The minimum atomic E-state index is -0.232. The number of amides is 1. The van der Waals surface area contributed by atoms with Crippen LogP contribution in [0.2, 0.25) is 0 Å². The number of hydrogen-bond donors (Lipinski definition) is 2. The zero-order chi connectivity index (χ0) is 17.4. The van der Waals surface area contributed by atoms with E-state index in [2.05, 4.69) is 46.7 Å². The van der Waals surface area contributed by atoms with E-state index in [1.165, 1.54) is 11.1 Å². The van der Waals surface area contributed by atoms with E-state index in [0.29, 0.717) is 18.7 Å². The van der Waals surface area contributed by atoms with Gasteiger partial charge in [-0.3, -0.25) is 4.79 Å². The van der Waals surface area contributed by atoms with E-state index < -0.39 is 0 Å². The molecule has 0 spiro atoms. The van der Waals surface area contributed by atoms with Gasteiger partial charge in [0.25, 0.3) is 0 Å². The number of anilines is 1. The molecule has 1 atom stereocenters. The maximum Gasteiger partial charge on any atom is 0.241 e. The molecule has 1 amide bonds. The van der Waals surface area contributed by atoms with Crippen LogP contribution in [0.3, 0.4) is 0 Å². The van der Waals surface area contributed by atoms with Gasteiger partial charge in [-0.25, -0.2) is 9.67 Å². The molecule has 0 aliphatic carbocycles. The van der Waals surface area contributed by atoms with Crippen molar-refractivity contribution in [3.8, 4) is 0 Å². The molecule has 6 nitrogen and oxygen atoms in total. The number of pyridine rings is 1. The Morgan fingerprint density at radius 1 is 1.28 bits per heavy atom. The molecular weight excluding hydrogens is 314 g/mol. The molecule has 1 aromatic carbocycles. The van der Waals surface area contributed by atoms with Crippen molar-refractivity contribution in [1.29, 1.82) is 0 Å². The summed E-state index contributed by atoms with van der Waals surface area (Å²) in [4.78, 5) is 17.1. The van der Waals surface area contributed by atoms with E-state index in [1.54, 1.807) is 12.4 Å². The van der Waals surface area contributed by atoms with Crippen molar-refractivity contribution in [2.45, 2.75) is 38.9 Å². The smallest absolute Gasteiger partial charge is 0.241 e. The molecule has 0 fully saturated rings. The molecule has 0 bridgehead atoms. The van der Waals surface area contributed by atoms with Gasteiger partial charge in [0.05, 0.1) is 24.1 Å². The van der Waals surface area contributed by atoms with Crippen LogP contribution in [0.4, 0.5) is 5.69 Å². The lowest BCUT2D eigenvalue weighted by atomic mass is 9.95. The standard InChI is InChI=1S/C19H21N5O/c1-12(2)24-18-15(10-22-24)7-16(11-21-18)23-19(25)17-8-13-5-3-4-6-14(13)9-20-17/h3-7,10-12,17,20H,8-9H2,1-2H3,(H,23,25). The van der Waals surface area contributed by atoms with Crippen molar-refractivity contribution in [1.82, 2.24) is 20.1 Å². The SMILES string of the molecule is CC(C)n1ncc2cc(NC(=O)C3Cc4ccccc4CN3)cnc21. The third kappa shape index (κ3) is 3.00. The molecule has 128 valence electrons. The number of fused-ring (bicyclic) bond motifs is 2. The molecule has 1 aliphatic rings. The number of aromatic nitrogens is 3. The van der Waals surface area contributed by atoms with Crippen LogP contribution >= 0.6 is 0 Å². The largest absolute Gasteiger partial charge is 0.323 e. The van der Waals surface area contributed by atoms with Crippen LogP contribution in [-0.4, -0.2) is 26.7 Å². The molecule has 0 saturated heterocycles. The van der Waals surface area contributed by atoms with Crippen molar-refractivity contribution < 1.29 is 4.79 Å². The Labute approximate surface area is 146 Å². The number of rotatable bonds is 3. The van der Waals surface area contributed by atoms with E-state index in [-0.39, 0.29) is 18.0 Å². The first-order valence-corrected chi connectivity index (χ1v) is 8.56. The van der Waals surface area contributed by atoms with Crippen LogP contribution in [0.1, 0.15) is 31.0 Å². The Balaban J connectivity index is 1.50. The number of hydrogen-bond acceptors (Lipinski definition) is 4. The summed E-state index contributed by atoms with van der Waals surface area (Å²) in [5.74, 6) is -0.0353. The van der Waals surface area contributed by atoms with Crippen molar-refractivity contribution in [2.75, 3.05) is 5.32 Å². The number of benzene rings is 1. The van der Waals surface area contributed by atoms with Gasteiger partial charge in [-0.1, -0.05) is 24.3 Å². The van der Waals surface area contributed by atoms with Crippen molar-refractivity contribution >= 4 is 22.6 Å². The molecule has 25 heavy (non-hydrogen) atoms. The Bertz CT molecular complexity index is 930. The molecule has 4 rings (SSSR count). The number of carbonyl (C=O) groups excluding carboxylic acids is 1. The van der Waals surface area contributed by atoms with E-state index in [0.717, 1.165) is 11.0 Å². The molecule has 0 saturated carbocycles. The summed E-state index contributed by atoms with van der Waals surface area (Å²) >= 11 is 0. The number of nitrogens with one attached hydrogen (secondary N) is 2. The molecule has 2 aromatic heterocycles. The first-order chi connectivity index (χ1) is 12.1. The fraction of sp³-hybridized carbons (Fsp3) is 0.316. The van der Waals surface area contributed by atoms with Crippen LogP contribution in [0.5, 0.6) is 0 Å². The first-order valence-electron chi connectivity index (χ1n) is 8.56. The highest BCUT2D eigenvalue weighted by Crippen LogP contribution is 2.20. The number of carbonyl (C=O) groups is 1. The van der Waals surface area contributed by atoms with E-state index in [1.807, 2.05) is 22.9 Å². The van der Waals surface area contributed by atoms with E-state index in [9.17, 15) is 4.79 Å². The summed E-state index contributed by atoms with van der Waals surface area (Å²) in [7, 11) is 0. The Kier molecular flexibility index (Phi) is 3.97.